The van der Waals surface area contributed by atoms with Crippen LogP contribution >= 0.6 is 11.6 Å². The van der Waals surface area contributed by atoms with Gasteiger partial charge in [0, 0.05) is 47.4 Å². The van der Waals surface area contributed by atoms with Crippen molar-refractivity contribution in [3.8, 4) is 0 Å². The molecule has 29 heavy (non-hydrogen) atoms. The van der Waals surface area contributed by atoms with Gasteiger partial charge in [-0.15, -0.1) is 0 Å². The molecule has 2 heterocycles. The van der Waals surface area contributed by atoms with Crippen LogP contribution in [-0.2, 0) is 13.0 Å². The topological polar surface area (TPSA) is 70.7 Å². The van der Waals surface area contributed by atoms with Crippen LogP contribution in [0.2, 0.25) is 5.02 Å². The third-order valence-corrected chi connectivity index (χ3v) is 5.13. The molecule has 2 aromatic heterocycles. The van der Waals surface area contributed by atoms with Crippen LogP contribution in [0.4, 0.5) is 0 Å². The molecule has 0 spiro atoms. The molecule has 2 aromatic carbocycles. The molecule has 4 aromatic rings. The quantitative estimate of drug-likeness (QED) is 0.501. The second-order valence-electron chi connectivity index (χ2n) is 7.00. The normalized spacial score (nSPS) is 12.2. The van der Waals surface area contributed by atoms with Crippen LogP contribution in [0, 0.1) is 6.92 Å². The lowest BCUT2D eigenvalue weighted by Gasteiger charge is -2.20. The van der Waals surface area contributed by atoms with Crippen molar-refractivity contribution in [1.29, 1.82) is 0 Å². The molecule has 5 nitrogen and oxygen atoms in total. The number of hydrogen-bond acceptors (Lipinski definition) is 4. The molecule has 6 heteroatoms. The second-order valence-corrected chi connectivity index (χ2v) is 7.43. The average Bonchev–Trinajstić information content (AvgIpc) is 2.71. The van der Waals surface area contributed by atoms with Crippen LogP contribution in [-0.4, -0.2) is 15.0 Å². The number of H-pyrrole nitrogens is 1. The minimum atomic E-state index is -0.137. The molecule has 0 radical (unpaired) electrons. The number of fused-ring (bicyclic) bond motifs is 1. The number of pyridine rings is 1. The van der Waals surface area contributed by atoms with Gasteiger partial charge in [-0.05, 0) is 42.3 Å². The number of aromatic nitrogens is 3. The van der Waals surface area contributed by atoms with Gasteiger partial charge in [-0.1, -0.05) is 41.9 Å². The zero-order valence-corrected chi connectivity index (χ0v) is 16.8. The van der Waals surface area contributed by atoms with Gasteiger partial charge >= 0.3 is 0 Å². The van der Waals surface area contributed by atoms with Crippen LogP contribution in [0.15, 0.2) is 71.7 Å². The highest BCUT2D eigenvalue weighted by Crippen LogP contribution is 2.22. The fourth-order valence-electron chi connectivity index (χ4n) is 3.51. The SMILES string of the molecule is Cc1nc(C[C@H](NCc2cccc3ncccc23)c2ccc(Cl)cc2)cc(=O)[nH]1. The largest absolute Gasteiger partial charge is 0.311 e. The van der Waals surface area contributed by atoms with Crippen molar-refractivity contribution in [2.45, 2.75) is 25.9 Å². The Morgan fingerprint density at radius 3 is 2.72 bits per heavy atom. The van der Waals surface area contributed by atoms with Gasteiger partial charge in [-0.2, -0.15) is 0 Å². The van der Waals surface area contributed by atoms with E-state index in [0.717, 1.165) is 22.2 Å². The van der Waals surface area contributed by atoms with Crippen LogP contribution in [0.5, 0.6) is 0 Å². The molecule has 0 amide bonds. The first-order valence-corrected chi connectivity index (χ1v) is 9.84. The first kappa shape index (κ1) is 19.3. The summed E-state index contributed by atoms with van der Waals surface area (Å²) in [6.45, 7) is 2.46. The molecule has 146 valence electrons. The Hall–Kier alpha value is -3.02. The molecule has 0 fully saturated rings. The Morgan fingerprint density at radius 1 is 1.10 bits per heavy atom. The molecular formula is C23H21ClN4O. The molecule has 0 unspecified atom stereocenters. The summed E-state index contributed by atoms with van der Waals surface area (Å²) in [5.41, 5.74) is 3.85. The molecule has 0 bridgehead atoms. The summed E-state index contributed by atoms with van der Waals surface area (Å²) in [6, 6.07) is 19.5. The van der Waals surface area contributed by atoms with E-state index in [4.69, 9.17) is 11.6 Å². The number of aryl methyl sites for hydroxylation is 1. The molecule has 0 saturated heterocycles. The third kappa shape index (κ3) is 4.70. The van der Waals surface area contributed by atoms with Gasteiger partial charge < -0.3 is 10.3 Å². The molecule has 0 aliphatic heterocycles. The van der Waals surface area contributed by atoms with Crippen LogP contribution < -0.4 is 10.9 Å². The van der Waals surface area contributed by atoms with Gasteiger partial charge in [-0.25, -0.2) is 4.98 Å². The Morgan fingerprint density at radius 2 is 1.93 bits per heavy atom. The summed E-state index contributed by atoms with van der Waals surface area (Å²) in [6.07, 6.45) is 2.40. The van der Waals surface area contributed by atoms with Crippen LogP contribution in [0.1, 0.15) is 28.7 Å². The number of aromatic amines is 1. The van der Waals surface area contributed by atoms with E-state index in [1.54, 1.807) is 19.2 Å². The van der Waals surface area contributed by atoms with E-state index in [-0.39, 0.29) is 11.6 Å². The van der Waals surface area contributed by atoms with Gasteiger partial charge in [-0.3, -0.25) is 9.78 Å². The highest BCUT2D eigenvalue weighted by molar-refractivity contribution is 6.30. The Balaban J connectivity index is 1.62. The van der Waals surface area contributed by atoms with Crippen molar-refractivity contribution < 1.29 is 0 Å². The summed E-state index contributed by atoms with van der Waals surface area (Å²) in [5, 5.41) is 5.45. The Kier molecular flexibility index (Phi) is 5.69. The molecule has 1 atom stereocenters. The minimum Gasteiger partial charge on any atom is -0.311 e. The highest BCUT2D eigenvalue weighted by atomic mass is 35.5. The van der Waals surface area contributed by atoms with E-state index in [1.165, 1.54) is 5.56 Å². The first-order chi connectivity index (χ1) is 14.1. The van der Waals surface area contributed by atoms with Crippen molar-refractivity contribution in [1.82, 2.24) is 20.3 Å². The van der Waals surface area contributed by atoms with E-state index < -0.39 is 0 Å². The molecule has 0 aliphatic rings. The zero-order valence-electron chi connectivity index (χ0n) is 16.0. The number of benzene rings is 2. The first-order valence-electron chi connectivity index (χ1n) is 9.47. The maximum atomic E-state index is 11.9. The van der Waals surface area contributed by atoms with Gasteiger partial charge in [0.2, 0.25) is 0 Å². The van der Waals surface area contributed by atoms with E-state index in [9.17, 15) is 4.79 Å². The molecule has 0 aliphatic carbocycles. The number of nitrogens with one attached hydrogen (secondary N) is 2. The van der Waals surface area contributed by atoms with E-state index >= 15 is 0 Å². The Bertz CT molecular complexity index is 1180. The lowest BCUT2D eigenvalue weighted by Crippen LogP contribution is -2.24. The fourth-order valence-corrected chi connectivity index (χ4v) is 3.64. The average molecular weight is 405 g/mol. The van der Waals surface area contributed by atoms with E-state index in [1.807, 2.05) is 42.5 Å². The fraction of sp³-hybridized carbons (Fsp3) is 0.174. The molecular weight excluding hydrogens is 384 g/mol. The lowest BCUT2D eigenvalue weighted by molar-refractivity contribution is 0.525. The molecule has 2 N–H and O–H groups in total. The van der Waals surface area contributed by atoms with Crippen LogP contribution in [0.25, 0.3) is 10.9 Å². The highest BCUT2D eigenvalue weighted by Gasteiger charge is 2.14. The third-order valence-electron chi connectivity index (χ3n) is 4.87. The molecule has 0 saturated carbocycles. The summed E-state index contributed by atoms with van der Waals surface area (Å²) >= 11 is 6.07. The van der Waals surface area contributed by atoms with Crippen molar-refractivity contribution in [3.63, 3.8) is 0 Å². The van der Waals surface area contributed by atoms with Gasteiger partial charge in [0.25, 0.3) is 5.56 Å². The van der Waals surface area contributed by atoms with Gasteiger partial charge in [0.1, 0.15) is 5.82 Å². The summed E-state index contributed by atoms with van der Waals surface area (Å²) in [5.74, 6) is 0.613. The lowest BCUT2D eigenvalue weighted by atomic mass is 10.0. The number of halogens is 1. The predicted octanol–water partition coefficient (Wildman–Crippen LogP) is 4.35. The number of rotatable bonds is 6. The van der Waals surface area contributed by atoms with Crippen molar-refractivity contribution in [2.75, 3.05) is 0 Å². The minimum absolute atomic E-state index is 0.0205. The molecule has 4 rings (SSSR count). The number of nitrogens with zero attached hydrogens (tertiary/aromatic N) is 2. The van der Waals surface area contributed by atoms with E-state index in [2.05, 4.69) is 32.4 Å². The van der Waals surface area contributed by atoms with Crippen molar-refractivity contribution in [2.24, 2.45) is 0 Å². The Labute approximate surface area is 173 Å². The summed E-state index contributed by atoms with van der Waals surface area (Å²) in [4.78, 5) is 23.5. The second kappa shape index (κ2) is 8.55. The number of hydrogen-bond donors (Lipinski definition) is 2. The van der Waals surface area contributed by atoms with Gasteiger partial charge in [0.05, 0.1) is 5.52 Å². The maximum absolute atomic E-state index is 11.9. The van der Waals surface area contributed by atoms with Gasteiger partial charge in [0.15, 0.2) is 0 Å². The summed E-state index contributed by atoms with van der Waals surface area (Å²) < 4.78 is 0. The van der Waals surface area contributed by atoms with Crippen LogP contribution in [0.3, 0.4) is 0 Å². The standard InChI is InChI=1S/C23H21ClN4O/c1-15-27-19(13-23(29)28-15)12-22(16-7-9-18(24)10-8-16)26-14-17-4-2-6-21-20(17)5-3-11-25-21/h2-11,13,22,26H,12,14H2,1H3,(H,27,28,29)/t22-/m0/s1. The van der Waals surface area contributed by atoms with E-state index in [0.29, 0.717) is 23.8 Å². The van der Waals surface area contributed by atoms with Crippen molar-refractivity contribution >= 4 is 22.5 Å². The smallest absolute Gasteiger partial charge is 0.251 e. The summed E-state index contributed by atoms with van der Waals surface area (Å²) in [7, 11) is 0. The zero-order chi connectivity index (χ0) is 20.2. The monoisotopic (exact) mass is 404 g/mol. The predicted molar refractivity (Wildman–Crippen MR) is 116 cm³/mol. The maximum Gasteiger partial charge on any atom is 0.251 e. The van der Waals surface area contributed by atoms with Crippen molar-refractivity contribution in [3.05, 3.63) is 105 Å².